The number of hydrogen-bond acceptors (Lipinski definition) is 3. The van der Waals surface area contributed by atoms with Gasteiger partial charge < -0.3 is 15.5 Å². The normalized spacial score (nSPS) is 14.8. The Hall–Kier alpha value is -3.93. The fraction of sp³-hybridized carbons (Fsp3) is 0.222. The molecule has 3 aromatic carbocycles. The van der Waals surface area contributed by atoms with E-state index in [1.807, 2.05) is 35.2 Å². The van der Waals surface area contributed by atoms with Gasteiger partial charge in [-0.25, -0.2) is 4.79 Å². The van der Waals surface area contributed by atoms with Gasteiger partial charge in [-0.05, 0) is 60.4 Å². The number of carbonyl (C=O) groups is 3. The Morgan fingerprint density at radius 1 is 0.667 bits per heavy atom. The van der Waals surface area contributed by atoms with Crippen molar-refractivity contribution in [2.24, 2.45) is 0 Å². The molecule has 3 aromatic rings. The number of rotatable bonds is 3. The molecule has 5 rings (SSSR count). The van der Waals surface area contributed by atoms with Gasteiger partial charge in [0.05, 0.1) is 0 Å². The van der Waals surface area contributed by atoms with Crippen molar-refractivity contribution >= 4 is 29.1 Å². The first kappa shape index (κ1) is 20.9. The molecule has 1 aliphatic carbocycles. The van der Waals surface area contributed by atoms with Gasteiger partial charge in [-0.2, -0.15) is 0 Å². The fourth-order valence-electron chi connectivity index (χ4n) is 4.49. The van der Waals surface area contributed by atoms with Crippen molar-refractivity contribution in [1.82, 2.24) is 4.90 Å². The number of anilines is 2. The summed E-state index contributed by atoms with van der Waals surface area (Å²) in [6.07, 6.45) is 4.42. The quantitative estimate of drug-likeness (QED) is 0.439. The van der Waals surface area contributed by atoms with Gasteiger partial charge in [0, 0.05) is 41.2 Å². The molecule has 166 valence electrons. The van der Waals surface area contributed by atoms with E-state index in [1.54, 1.807) is 36.4 Å². The number of amides is 3. The molecule has 2 aliphatic rings. The number of fused-ring (bicyclic) bond motifs is 3. The van der Waals surface area contributed by atoms with Crippen LogP contribution < -0.4 is 10.6 Å². The molecule has 0 atom stereocenters. The van der Waals surface area contributed by atoms with Gasteiger partial charge in [0.1, 0.15) is 0 Å². The molecule has 0 saturated carbocycles. The molecule has 33 heavy (non-hydrogen) atoms. The zero-order valence-corrected chi connectivity index (χ0v) is 18.3. The van der Waals surface area contributed by atoms with Gasteiger partial charge in [0.2, 0.25) is 0 Å². The molecule has 0 unspecified atom stereocenters. The molecule has 1 fully saturated rings. The van der Waals surface area contributed by atoms with E-state index in [2.05, 4.69) is 10.6 Å². The van der Waals surface area contributed by atoms with Gasteiger partial charge in [0.15, 0.2) is 5.78 Å². The summed E-state index contributed by atoms with van der Waals surface area (Å²) in [5, 5.41) is 5.79. The van der Waals surface area contributed by atoms with Crippen LogP contribution in [0, 0.1) is 0 Å². The summed E-state index contributed by atoms with van der Waals surface area (Å²) in [6.45, 7) is 1.57. The summed E-state index contributed by atoms with van der Waals surface area (Å²) in [4.78, 5) is 39.9. The highest BCUT2D eigenvalue weighted by molar-refractivity contribution is 6.22. The Kier molecular flexibility index (Phi) is 5.65. The number of likely N-dealkylation sites (tertiary alicyclic amines) is 1. The molecule has 1 heterocycles. The van der Waals surface area contributed by atoms with Crippen molar-refractivity contribution in [1.29, 1.82) is 0 Å². The molecule has 6 heteroatoms. The smallest absolute Gasteiger partial charge is 0.321 e. The SMILES string of the molecule is O=C(Nc1ccc(NC(=O)N2CCCCCC2)cc1)c1ccc2c(c1)C(=O)c1ccccc1-2. The lowest BCUT2D eigenvalue weighted by atomic mass is 10.0. The van der Waals surface area contributed by atoms with E-state index in [0.717, 1.165) is 37.1 Å². The number of ketones is 1. The topological polar surface area (TPSA) is 78.5 Å². The van der Waals surface area contributed by atoms with Crippen LogP contribution >= 0.6 is 0 Å². The Balaban J connectivity index is 1.24. The van der Waals surface area contributed by atoms with Crippen molar-refractivity contribution in [2.45, 2.75) is 25.7 Å². The van der Waals surface area contributed by atoms with Crippen molar-refractivity contribution < 1.29 is 14.4 Å². The number of carbonyl (C=O) groups excluding carboxylic acids is 3. The first-order chi connectivity index (χ1) is 16.1. The number of nitrogens with one attached hydrogen (secondary N) is 2. The predicted molar refractivity (Wildman–Crippen MR) is 129 cm³/mol. The van der Waals surface area contributed by atoms with E-state index >= 15 is 0 Å². The molecule has 2 N–H and O–H groups in total. The lowest BCUT2D eigenvalue weighted by Gasteiger charge is -2.20. The van der Waals surface area contributed by atoms with Crippen LogP contribution in [-0.4, -0.2) is 35.7 Å². The average molecular weight is 440 g/mol. The van der Waals surface area contributed by atoms with Gasteiger partial charge in [-0.3, -0.25) is 9.59 Å². The fourth-order valence-corrected chi connectivity index (χ4v) is 4.49. The largest absolute Gasteiger partial charge is 0.325 e. The second-order valence-electron chi connectivity index (χ2n) is 8.50. The molecular formula is C27H25N3O3. The number of benzene rings is 3. The van der Waals surface area contributed by atoms with Crippen molar-refractivity contribution in [3.05, 3.63) is 83.4 Å². The summed E-state index contributed by atoms with van der Waals surface area (Å²) in [6, 6.07) is 19.7. The summed E-state index contributed by atoms with van der Waals surface area (Å²) >= 11 is 0. The third-order valence-corrected chi connectivity index (χ3v) is 6.28. The maximum absolute atomic E-state index is 12.8. The van der Waals surface area contributed by atoms with Gasteiger partial charge >= 0.3 is 6.03 Å². The monoisotopic (exact) mass is 439 g/mol. The highest BCUT2D eigenvalue weighted by atomic mass is 16.2. The second-order valence-corrected chi connectivity index (χ2v) is 8.50. The van der Waals surface area contributed by atoms with E-state index in [4.69, 9.17) is 0 Å². The van der Waals surface area contributed by atoms with E-state index in [0.29, 0.717) is 28.1 Å². The summed E-state index contributed by atoms with van der Waals surface area (Å²) in [7, 11) is 0. The van der Waals surface area contributed by atoms with E-state index in [1.165, 1.54) is 12.8 Å². The van der Waals surface area contributed by atoms with E-state index in [9.17, 15) is 14.4 Å². The lowest BCUT2D eigenvalue weighted by Crippen LogP contribution is -2.35. The number of nitrogens with zero attached hydrogens (tertiary/aromatic N) is 1. The van der Waals surface area contributed by atoms with Crippen molar-refractivity contribution in [2.75, 3.05) is 23.7 Å². The molecule has 0 bridgehead atoms. The molecular weight excluding hydrogens is 414 g/mol. The molecule has 1 saturated heterocycles. The molecule has 0 spiro atoms. The lowest BCUT2D eigenvalue weighted by molar-refractivity contribution is 0.102. The standard InChI is InChI=1S/C27H25N3O3/c31-25-23-8-4-3-7-21(23)22-14-9-18(17-24(22)25)26(32)28-19-10-12-20(13-11-19)29-27(33)30-15-5-1-2-6-16-30/h3-4,7-14,17H,1-2,5-6,15-16H2,(H,28,32)(H,29,33). The van der Waals surface area contributed by atoms with Crippen LogP contribution in [-0.2, 0) is 0 Å². The average Bonchev–Trinajstić information content (AvgIpc) is 3.00. The zero-order chi connectivity index (χ0) is 22.8. The molecule has 1 aliphatic heterocycles. The Morgan fingerprint density at radius 3 is 1.97 bits per heavy atom. The van der Waals surface area contributed by atoms with E-state index < -0.39 is 0 Å². The van der Waals surface area contributed by atoms with Crippen LogP contribution in [0.3, 0.4) is 0 Å². The summed E-state index contributed by atoms with van der Waals surface area (Å²) in [5.41, 5.74) is 4.71. The van der Waals surface area contributed by atoms with Crippen molar-refractivity contribution in [3.63, 3.8) is 0 Å². The minimum atomic E-state index is -0.289. The van der Waals surface area contributed by atoms with Crippen LogP contribution in [0.25, 0.3) is 11.1 Å². The Labute approximate surface area is 192 Å². The van der Waals surface area contributed by atoms with Gasteiger partial charge in [0.25, 0.3) is 5.91 Å². The highest BCUT2D eigenvalue weighted by Crippen LogP contribution is 2.36. The maximum Gasteiger partial charge on any atom is 0.321 e. The second kappa shape index (κ2) is 8.90. The molecule has 0 radical (unpaired) electrons. The van der Waals surface area contributed by atoms with Gasteiger partial charge in [-0.1, -0.05) is 43.2 Å². The Morgan fingerprint density at radius 2 is 1.27 bits per heavy atom. The summed E-state index contributed by atoms with van der Waals surface area (Å²) < 4.78 is 0. The maximum atomic E-state index is 12.8. The first-order valence-electron chi connectivity index (χ1n) is 11.4. The predicted octanol–water partition coefficient (Wildman–Crippen LogP) is 5.56. The Bertz CT molecular complexity index is 1230. The minimum absolute atomic E-state index is 0.0558. The van der Waals surface area contributed by atoms with Crippen LogP contribution in [0.5, 0.6) is 0 Å². The van der Waals surface area contributed by atoms with Crippen LogP contribution in [0.1, 0.15) is 52.0 Å². The van der Waals surface area contributed by atoms with E-state index in [-0.39, 0.29) is 17.7 Å². The third-order valence-electron chi connectivity index (χ3n) is 6.28. The minimum Gasteiger partial charge on any atom is -0.325 e. The van der Waals surface area contributed by atoms with Crippen LogP contribution in [0.4, 0.5) is 16.2 Å². The molecule has 6 nitrogen and oxygen atoms in total. The highest BCUT2D eigenvalue weighted by Gasteiger charge is 2.27. The number of hydrogen-bond donors (Lipinski definition) is 2. The number of urea groups is 1. The van der Waals surface area contributed by atoms with Crippen LogP contribution in [0.2, 0.25) is 0 Å². The third kappa shape index (κ3) is 4.24. The van der Waals surface area contributed by atoms with Crippen LogP contribution in [0.15, 0.2) is 66.7 Å². The zero-order valence-electron chi connectivity index (χ0n) is 18.3. The molecule has 0 aromatic heterocycles. The summed E-state index contributed by atoms with van der Waals surface area (Å²) in [5.74, 6) is -0.345. The van der Waals surface area contributed by atoms with Gasteiger partial charge in [-0.15, -0.1) is 0 Å². The first-order valence-corrected chi connectivity index (χ1v) is 11.4. The molecule has 3 amide bonds. The van der Waals surface area contributed by atoms with Crippen molar-refractivity contribution in [3.8, 4) is 11.1 Å².